The van der Waals surface area contributed by atoms with Gasteiger partial charge in [-0.1, -0.05) is 71.9 Å². The Morgan fingerprint density at radius 1 is 0.943 bits per heavy atom. The summed E-state index contributed by atoms with van der Waals surface area (Å²) >= 11 is 1.83. The Labute approximate surface area is 215 Å². The zero-order valence-corrected chi connectivity index (χ0v) is 22.5. The zero-order chi connectivity index (χ0) is 26.0. The van der Waals surface area contributed by atoms with E-state index in [2.05, 4.69) is 10.8 Å². The number of rotatable bonds is 6. The van der Waals surface area contributed by atoms with E-state index in [0.29, 0.717) is 38.7 Å². The third kappa shape index (κ3) is 5.75. The van der Waals surface area contributed by atoms with Gasteiger partial charge in [-0.2, -0.15) is 10.5 Å². The fourth-order valence-electron chi connectivity index (χ4n) is 3.94. The van der Waals surface area contributed by atoms with Crippen molar-refractivity contribution in [2.24, 2.45) is 0 Å². The van der Waals surface area contributed by atoms with Gasteiger partial charge in [-0.3, -0.25) is 4.79 Å². The lowest BCUT2D eigenvalue weighted by Crippen LogP contribution is -2.19. The molecule has 0 saturated carbocycles. The van der Waals surface area contributed by atoms with Crippen molar-refractivity contribution in [1.82, 2.24) is 4.57 Å². The highest BCUT2D eigenvalue weighted by atomic mass is 32.2. The van der Waals surface area contributed by atoms with Gasteiger partial charge in [-0.05, 0) is 40.3 Å². The van der Waals surface area contributed by atoms with Crippen LogP contribution in [0.4, 0.5) is 0 Å². The summed E-state index contributed by atoms with van der Waals surface area (Å²) in [6.07, 6.45) is 1.73. The molecule has 0 amide bonds. The Morgan fingerprint density at radius 2 is 1.49 bits per heavy atom. The van der Waals surface area contributed by atoms with Crippen molar-refractivity contribution in [1.29, 1.82) is 10.5 Å². The maximum atomic E-state index is 13.9. The number of benzene rings is 2. The fourth-order valence-corrected chi connectivity index (χ4v) is 5.26. The van der Waals surface area contributed by atoms with Gasteiger partial charge in [0.15, 0.2) is 5.78 Å². The first-order chi connectivity index (χ1) is 16.4. The second-order valence-corrected chi connectivity index (χ2v) is 12.0. The molecule has 5 nitrogen and oxygen atoms in total. The standard InChI is InChI=1S/C28H29N3O2S2/c1-27(2,3)21-12-19(13-22(24(21)33)28(4,5)6)23(32)20-15-31(14-18-10-8-7-9-11-18)26(35-17-30)25(20)34-16-29/h7-13,15,33H,14H2,1-6H3. The maximum absolute atomic E-state index is 13.9. The molecule has 180 valence electrons. The predicted molar refractivity (Wildman–Crippen MR) is 142 cm³/mol. The molecular weight excluding hydrogens is 474 g/mol. The summed E-state index contributed by atoms with van der Waals surface area (Å²) in [5, 5.41) is 34.7. The van der Waals surface area contributed by atoms with Crippen LogP contribution in [-0.4, -0.2) is 15.5 Å². The van der Waals surface area contributed by atoms with Gasteiger partial charge in [0.1, 0.15) is 21.6 Å². The summed E-state index contributed by atoms with van der Waals surface area (Å²) in [5.74, 6) is -0.0408. The van der Waals surface area contributed by atoms with Crippen LogP contribution in [0.2, 0.25) is 0 Å². The highest BCUT2D eigenvalue weighted by molar-refractivity contribution is 8.06. The van der Waals surface area contributed by atoms with Crippen molar-refractivity contribution in [2.75, 3.05) is 0 Å². The Morgan fingerprint density at radius 3 is 1.97 bits per heavy atom. The Hall–Kier alpha value is -3.13. The van der Waals surface area contributed by atoms with E-state index in [9.17, 15) is 20.4 Å². The summed E-state index contributed by atoms with van der Waals surface area (Å²) in [6, 6.07) is 13.3. The van der Waals surface area contributed by atoms with Crippen LogP contribution in [0, 0.1) is 21.3 Å². The van der Waals surface area contributed by atoms with Crippen LogP contribution >= 0.6 is 23.5 Å². The minimum absolute atomic E-state index is 0.204. The molecule has 3 aromatic rings. The van der Waals surface area contributed by atoms with E-state index >= 15 is 0 Å². The molecule has 0 aliphatic rings. The first-order valence-corrected chi connectivity index (χ1v) is 12.8. The Kier molecular flexibility index (Phi) is 7.74. The lowest BCUT2D eigenvalue weighted by molar-refractivity contribution is 0.103. The molecule has 2 aromatic carbocycles. The molecule has 0 bridgehead atoms. The van der Waals surface area contributed by atoms with Crippen molar-refractivity contribution >= 4 is 29.3 Å². The number of phenolic OH excluding ortho intramolecular Hbond substituents is 1. The molecule has 1 N–H and O–H groups in total. The molecule has 0 aliphatic heterocycles. The lowest BCUT2D eigenvalue weighted by Gasteiger charge is -2.28. The van der Waals surface area contributed by atoms with E-state index in [4.69, 9.17) is 0 Å². The molecule has 1 heterocycles. The third-order valence-electron chi connectivity index (χ3n) is 5.70. The molecule has 0 atom stereocenters. The molecule has 0 unspecified atom stereocenters. The number of nitrogens with zero attached hydrogens (tertiary/aromatic N) is 3. The number of thioether (sulfide) groups is 2. The van der Waals surface area contributed by atoms with Gasteiger partial charge in [0.2, 0.25) is 0 Å². The van der Waals surface area contributed by atoms with Crippen LogP contribution in [0.1, 0.15) is 74.2 Å². The topological polar surface area (TPSA) is 89.8 Å². The van der Waals surface area contributed by atoms with Gasteiger partial charge in [0, 0.05) is 41.2 Å². The van der Waals surface area contributed by atoms with Crippen molar-refractivity contribution in [3.05, 3.63) is 76.5 Å². The molecule has 0 aliphatic carbocycles. The van der Waals surface area contributed by atoms with Gasteiger partial charge in [-0.25, -0.2) is 0 Å². The number of phenols is 1. The molecule has 7 heteroatoms. The number of carbonyl (C=O) groups excluding carboxylic acids is 1. The maximum Gasteiger partial charge on any atom is 0.195 e. The minimum Gasteiger partial charge on any atom is -0.507 e. The normalized spacial score (nSPS) is 11.7. The highest BCUT2D eigenvalue weighted by Gasteiger charge is 2.30. The number of aromatic nitrogens is 1. The number of nitriles is 2. The minimum atomic E-state index is -0.383. The number of ketones is 1. The Balaban J connectivity index is 2.23. The van der Waals surface area contributed by atoms with E-state index in [1.54, 1.807) is 18.3 Å². The van der Waals surface area contributed by atoms with Crippen LogP contribution in [0.15, 0.2) is 58.6 Å². The molecule has 3 rings (SSSR count). The third-order valence-corrected chi connectivity index (χ3v) is 7.26. The molecule has 0 radical (unpaired) electrons. The van der Waals surface area contributed by atoms with Crippen LogP contribution in [-0.2, 0) is 17.4 Å². The van der Waals surface area contributed by atoms with Crippen molar-refractivity contribution in [3.8, 4) is 16.6 Å². The van der Waals surface area contributed by atoms with E-state index in [0.717, 1.165) is 29.1 Å². The predicted octanol–water partition coefficient (Wildman–Crippen LogP) is 7.21. The molecule has 1 aromatic heterocycles. The largest absolute Gasteiger partial charge is 0.507 e. The summed E-state index contributed by atoms with van der Waals surface area (Å²) < 4.78 is 1.85. The number of thiocyanates is 2. The number of hydrogen-bond donors (Lipinski definition) is 1. The first kappa shape index (κ1) is 26.5. The number of hydrogen-bond acceptors (Lipinski definition) is 6. The van der Waals surface area contributed by atoms with Crippen molar-refractivity contribution in [2.45, 2.75) is 68.8 Å². The summed E-state index contributed by atoms with van der Waals surface area (Å²) in [4.78, 5) is 14.4. The summed E-state index contributed by atoms with van der Waals surface area (Å²) in [7, 11) is 0. The van der Waals surface area contributed by atoms with Gasteiger partial charge in [0.05, 0.1) is 10.5 Å². The van der Waals surface area contributed by atoms with Gasteiger partial charge < -0.3 is 9.67 Å². The van der Waals surface area contributed by atoms with Crippen LogP contribution in [0.25, 0.3) is 0 Å². The zero-order valence-electron chi connectivity index (χ0n) is 20.8. The molecular formula is C28H29N3O2S2. The highest BCUT2D eigenvalue weighted by Crippen LogP contribution is 2.42. The van der Waals surface area contributed by atoms with Crippen LogP contribution in [0.5, 0.6) is 5.75 Å². The van der Waals surface area contributed by atoms with Crippen molar-refractivity contribution in [3.63, 3.8) is 0 Å². The molecule has 35 heavy (non-hydrogen) atoms. The first-order valence-electron chi connectivity index (χ1n) is 11.2. The van der Waals surface area contributed by atoms with Gasteiger partial charge in [0.25, 0.3) is 0 Å². The smallest absolute Gasteiger partial charge is 0.195 e. The van der Waals surface area contributed by atoms with E-state index < -0.39 is 0 Å². The fraction of sp³-hybridized carbons (Fsp3) is 0.321. The monoisotopic (exact) mass is 503 g/mol. The average molecular weight is 504 g/mol. The molecule has 0 spiro atoms. The molecule has 0 fully saturated rings. The van der Waals surface area contributed by atoms with Gasteiger partial charge in [-0.15, -0.1) is 0 Å². The summed E-state index contributed by atoms with van der Waals surface area (Å²) in [5.41, 5.74) is 2.45. The van der Waals surface area contributed by atoms with Gasteiger partial charge >= 0.3 is 0 Å². The van der Waals surface area contributed by atoms with Crippen LogP contribution in [0.3, 0.4) is 0 Å². The van der Waals surface area contributed by atoms with Crippen LogP contribution < -0.4 is 0 Å². The average Bonchev–Trinajstić information content (AvgIpc) is 3.10. The second kappa shape index (κ2) is 10.2. The number of carbonyl (C=O) groups is 1. The quantitative estimate of drug-likeness (QED) is 0.217. The van der Waals surface area contributed by atoms with E-state index in [1.807, 2.05) is 76.4 Å². The lowest BCUT2D eigenvalue weighted by atomic mass is 9.78. The Bertz CT molecular complexity index is 1300. The van der Waals surface area contributed by atoms with E-state index in [1.165, 1.54) is 0 Å². The molecule has 0 saturated heterocycles. The van der Waals surface area contributed by atoms with Crippen molar-refractivity contribution < 1.29 is 9.90 Å². The second-order valence-electron chi connectivity index (χ2n) is 10.4. The SMILES string of the molecule is CC(C)(C)c1cc(C(=O)c2cn(Cc3ccccc3)c(SC#N)c2SC#N)cc(C(C)(C)C)c1O. The number of aromatic hydroxyl groups is 1. The van der Waals surface area contributed by atoms with E-state index in [-0.39, 0.29) is 22.4 Å². The summed E-state index contributed by atoms with van der Waals surface area (Å²) in [6.45, 7) is 12.5.